The summed E-state index contributed by atoms with van der Waals surface area (Å²) in [5, 5.41) is 37.8. The van der Waals surface area contributed by atoms with E-state index < -0.39 is 37.3 Å². The first-order valence-corrected chi connectivity index (χ1v) is 6.22. The smallest absolute Gasteiger partial charge is 0.185 e. The van der Waals surface area contributed by atoms with Crippen LogP contribution < -0.4 is 0 Å². The molecule has 0 aromatic carbocycles. The van der Waals surface area contributed by atoms with Crippen molar-refractivity contribution < 1.29 is 29.9 Å². The third-order valence-corrected chi connectivity index (χ3v) is 2.90. The van der Waals surface area contributed by atoms with Gasteiger partial charge in [0.25, 0.3) is 0 Å². The molecule has 6 nitrogen and oxygen atoms in total. The first-order chi connectivity index (χ1) is 8.61. The average molecular weight is 262 g/mol. The number of aliphatic hydroxyl groups is 4. The van der Waals surface area contributed by atoms with Gasteiger partial charge < -0.3 is 29.9 Å². The first kappa shape index (κ1) is 15.4. The van der Waals surface area contributed by atoms with E-state index in [9.17, 15) is 15.3 Å². The van der Waals surface area contributed by atoms with Crippen molar-refractivity contribution in [1.82, 2.24) is 0 Å². The Morgan fingerprint density at radius 1 is 1.22 bits per heavy atom. The predicted molar refractivity (Wildman–Crippen MR) is 63.5 cm³/mol. The van der Waals surface area contributed by atoms with Crippen LogP contribution in [0.4, 0.5) is 0 Å². The van der Waals surface area contributed by atoms with Gasteiger partial charge in [0.2, 0.25) is 0 Å². The maximum atomic E-state index is 9.80. The highest BCUT2D eigenvalue weighted by atomic mass is 16.6. The Morgan fingerprint density at radius 3 is 2.56 bits per heavy atom. The van der Waals surface area contributed by atoms with Gasteiger partial charge in [0.1, 0.15) is 18.3 Å². The molecule has 0 aromatic rings. The summed E-state index contributed by atoms with van der Waals surface area (Å²) in [6, 6.07) is 0. The van der Waals surface area contributed by atoms with Crippen LogP contribution >= 0.6 is 0 Å². The van der Waals surface area contributed by atoms with Gasteiger partial charge in [-0.1, -0.05) is 13.3 Å². The van der Waals surface area contributed by atoms with Crippen LogP contribution in [0.1, 0.15) is 26.2 Å². The maximum absolute atomic E-state index is 9.80. The second-order valence-electron chi connectivity index (χ2n) is 4.34. The van der Waals surface area contributed by atoms with Gasteiger partial charge in [0.05, 0.1) is 12.9 Å². The van der Waals surface area contributed by atoms with Crippen molar-refractivity contribution in [1.29, 1.82) is 0 Å². The molecule has 1 aliphatic rings. The van der Waals surface area contributed by atoms with Crippen molar-refractivity contribution in [3.8, 4) is 0 Å². The van der Waals surface area contributed by atoms with Crippen molar-refractivity contribution in [2.24, 2.45) is 0 Å². The van der Waals surface area contributed by atoms with Crippen molar-refractivity contribution in [2.75, 3.05) is 6.61 Å². The van der Waals surface area contributed by atoms with Crippen LogP contribution in [0.5, 0.6) is 0 Å². The highest BCUT2D eigenvalue weighted by Crippen LogP contribution is 2.22. The molecule has 0 spiro atoms. The van der Waals surface area contributed by atoms with Crippen LogP contribution in [0.15, 0.2) is 12.3 Å². The van der Waals surface area contributed by atoms with Crippen LogP contribution in [0.3, 0.4) is 0 Å². The Hall–Kier alpha value is -0.660. The van der Waals surface area contributed by atoms with E-state index in [0.717, 1.165) is 19.3 Å². The Balaban J connectivity index is 2.51. The van der Waals surface area contributed by atoms with Gasteiger partial charge in [-0.05, 0) is 18.9 Å². The van der Waals surface area contributed by atoms with E-state index in [-0.39, 0.29) is 0 Å². The normalized spacial score (nSPS) is 37.1. The Morgan fingerprint density at radius 2 is 1.94 bits per heavy atom. The molecule has 18 heavy (non-hydrogen) atoms. The second kappa shape index (κ2) is 7.70. The van der Waals surface area contributed by atoms with Gasteiger partial charge >= 0.3 is 0 Å². The third kappa shape index (κ3) is 3.93. The standard InChI is InChI=1S/C12H22O6/c1-2-3-4-5-6-17-11-9(14)8(7-13)18-12(16)10(11)15/h5-6,8-16H,2-4,7H2,1H3/b6-5-/t8-,9-,10-,11+,12-/m1/s1. The molecular weight excluding hydrogens is 240 g/mol. The number of rotatable bonds is 6. The number of allylic oxidation sites excluding steroid dienone is 1. The highest BCUT2D eigenvalue weighted by molar-refractivity contribution is 4.91. The Labute approximate surface area is 106 Å². The lowest BCUT2D eigenvalue weighted by atomic mass is 9.99. The van der Waals surface area contributed by atoms with Crippen molar-refractivity contribution in [2.45, 2.75) is 56.9 Å². The lowest BCUT2D eigenvalue weighted by Gasteiger charge is -2.39. The molecule has 1 rings (SSSR count). The minimum Gasteiger partial charge on any atom is -0.493 e. The molecule has 6 heteroatoms. The van der Waals surface area contributed by atoms with Gasteiger partial charge in [-0.3, -0.25) is 0 Å². The van der Waals surface area contributed by atoms with Crippen molar-refractivity contribution in [3.05, 3.63) is 12.3 Å². The van der Waals surface area contributed by atoms with E-state index in [2.05, 4.69) is 6.92 Å². The summed E-state index contributed by atoms with van der Waals surface area (Å²) in [6.45, 7) is 1.62. The molecule has 0 amide bonds. The zero-order valence-electron chi connectivity index (χ0n) is 10.5. The van der Waals surface area contributed by atoms with Crippen LogP contribution in [0.25, 0.3) is 0 Å². The lowest BCUT2D eigenvalue weighted by molar-refractivity contribution is -0.287. The van der Waals surface area contributed by atoms with E-state index in [0.29, 0.717) is 0 Å². The summed E-state index contributed by atoms with van der Waals surface area (Å²) >= 11 is 0. The summed E-state index contributed by atoms with van der Waals surface area (Å²) in [5.41, 5.74) is 0. The predicted octanol–water partition coefficient (Wildman–Crippen LogP) is -0.493. The zero-order valence-corrected chi connectivity index (χ0v) is 10.5. The average Bonchev–Trinajstić information content (AvgIpc) is 2.37. The van der Waals surface area contributed by atoms with E-state index >= 15 is 0 Å². The summed E-state index contributed by atoms with van der Waals surface area (Å²) in [7, 11) is 0. The topological polar surface area (TPSA) is 99.4 Å². The van der Waals surface area contributed by atoms with Crippen LogP contribution in [0, 0.1) is 0 Å². The SMILES string of the molecule is CCCC/C=C\O[C@@H]1[C@@H](O)[C@H](O)O[C@H](CO)[C@H]1O. The highest BCUT2D eigenvalue weighted by Gasteiger charge is 2.44. The maximum Gasteiger partial charge on any atom is 0.185 e. The second-order valence-corrected chi connectivity index (χ2v) is 4.34. The number of aliphatic hydroxyl groups excluding tert-OH is 4. The summed E-state index contributed by atoms with van der Waals surface area (Å²) < 4.78 is 10.1. The number of hydrogen-bond acceptors (Lipinski definition) is 6. The van der Waals surface area contributed by atoms with E-state index in [4.69, 9.17) is 14.6 Å². The Bertz CT molecular complexity index is 257. The monoisotopic (exact) mass is 262 g/mol. The lowest BCUT2D eigenvalue weighted by Crippen LogP contribution is -2.59. The molecule has 106 valence electrons. The fourth-order valence-corrected chi connectivity index (χ4v) is 1.76. The quantitative estimate of drug-likeness (QED) is 0.381. The molecule has 1 fully saturated rings. The minimum atomic E-state index is -1.47. The van der Waals surface area contributed by atoms with Gasteiger partial charge in [-0.25, -0.2) is 0 Å². The minimum absolute atomic E-state index is 0.454. The van der Waals surface area contributed by atoms with Crippen molar-refractivity contribution in [3.63, 3.8) is 0 Å². The molecule has 0 unspecified atom stereocenters. The largest absolute Gasteiger partial charge is 0.493 e. The molecule has 0 aromatic heterocycles. The molecule has 0 saturated carbocycles. The van der Waals surface area contributed by atoms with E-state index in [1.807, 2.05) is 0 Å². The van der Waals surface area contributed by atoms with Gasteiger partial charge in [0, 0.05) is 0 Å². The molecule has 0 radical (unpaired) electrons. The van der Waals surface area contributed by atoms with E-state index in [1.165, 1.54) is 6.26 Å². The fourth-order valence-electron chi connectivity index (χ4n) is 1.76. The number of unbranched alkanes of at least 4 members (excludes halogenated alkanes) is 2. The van der Waals surface area contributed by atoms with Crippen LogP contribution in [0.2, 0.25) is 0 Å². The molecule has 1 saturated heterocycles. The van der Waals surface area contributed by atoms with Crippen molar-refractivity contribution >= 4 is 0 Å². The van der Waals surface area contributed by atoms with Gasteiger partial charge in [0.15, 0.2) is 12.4 Å². The molecule has 4 N–H and O–H groups in total. The third-order valence-electron chi connectivity index (χ3n) is 2.90. The number of hydrogen-bond donors (Lipinski definition) is 4. The Kier molecular flexibility index (Phi) is 6.59. The zero-order chi connectivity index (χ0) is 13.5. The molecule has 5 atom stereocenters. The molecule has 1 heterocycles. The summed E-state index contributed by atoms with van der Waals surface area (Å²) in [6.07, 6.45) is 0.151. The van der Waals surface area contributed by atoms with Crippen LogP contribution in [-0.2, 0) is 9.47 Å². The molecule has 0 bridgehead atoms. The molecule has 0 aliphatic carbocycles. The van der Waals surface area contributed by atoms with Gasteiger partial charge in [-0.2, -0.15) is 0 Å². The molecule has 1 aliphatic heterocycles. The first-order valence-electron chi connectivity index (χ1n) is 6.22. The summed E-state index contributed by atoms with van der Waals surface area (Å²) in [5.74, 6) is 0. The van der Waals surface area contributed by atoms with E-state index in [1.54, 1.807) is 6.08 Å². The summed E-state index contributed by atoms with van der Waals surface area (Å²) in [4.78, 5) is 0. The molecular formula is C12H22O6. The fraction of sp³-hybridized carbons (Fsp3) is 0.833. The van der Waals surface area contributed by atoms with Crippen LogP contribution in [-0.4, -0.2) is 57.7 Å². The van der Waals surface area contributed by atoms with Gasteiger partial charge in [-0.15, -0.1) is 0 Å². The number of ether oxygens (including phenoxy) is 2.